The van der Waals surface area contributed by atoms with Crippen LogP contribution in [-0.4, -0.2) is 81.9 Å². The van der Waals surface area contributed by atoms with Crippen LogP contribution in [0.2, 0.25) is 0 Å². The number of hydrogen-bond donors (Lipinski definition) is 0. The van der Waals surface area contributed by atoms with Gasteiger partial charge in [-0.1, -0.05) is 41.5 Å². The summed E-state index contributed by atoms with van der Waals surface area (Å²) in [6, 6.07) is 0. The van der Waals surface area contributed by atoms with Crippen LogP contribution in [0.1, 0.15) is 131 Å². The van der Waals surface area contributed by atoms with Gasteiger partial charge < -0.3 is 28.4 Å². The molecule has 0 aromatic rings. The second kappa shape index (κ2) is 26.0. The Morgan fingerprint density at radius 1 is 0.362 bits per heavy atom. The van der Waals surface area contributed by atoms with E-state index >= 15 is 0 Å². The molecule has 0 atom stereocenters. The summed E-state index contributed by atoms with van der Waals surface area (Å²) in [6.07, 6.45) is 5.15. The number of carbonyl (C=O) groups is 6. The molecule has 0 amide bonds. The van der Waals surface area contributed by atoms with Gasteiger partial charge in [-0.25, -0.2) is 0 Å². The van der Waals surface area contributed by atoms with E-state index in [0.717, 1.165) is 0 Å². The van der Waals surface area contributed by atoms with E-state index in [4.69, 9.17) is 28.4 Å². The van der Waals surface area contributed by atoms with Crippen molar-refractivity contribution in [2.24, 2.45) is 10.8 Å². The SMILES string of the molecule is CCCC(=O)CCC(COCC(COC(=O)CCC)(COC(=O)CCC)COC(=O)CCC)(COC(=O)CCC)COC(=O)CCC. The number of carbonyl (C=O) groups excluding carboxylic acids is 6. The fourth-order valence-corrected chi connectivity index (χ4v) is 4.43. The molecule has 0 radical (unpaired) electrons. The van der Waals surface area contributed by atoms with Crippen LogP contribution in [0.3, 0.4) is 0 Å². The molecule has 0 spiro atoms. The van der Waals surface area contributed by atoms with Crippen LogP contribution in [0.15, 0.2) is 0 Å². The first-order valence-corrected chi connectivity index (χ1v) is 17.3. The van der Waals surface area contributed by atoms with Crippen molar-refractivity contribution in [1.82, 2.24) is 0 Å². The Morgan fingerprint density at radius 2 is 0.638 bits per heavy atom. The van der Waals surface area contributed by atoms with Gasteiger partial charge in [0.25, 0.3) is 0 Å². The normalized spacial score (nSPS) is 11.4. The van der Waals surface area contributed by atoms with Gasteiger partial charge in [0.05, 0.1) is 24.0 Å². The molecule has 0 aliphatic rings. The van der Waals surface area contributed by atoms with Gasteiger partial charge in [0.1, 0.15) is 38.8 Å². The van der Waals surface area contributed by atoms with Gasteiger partial charge >= 0.3 is 29.8 Å². The van der Waals surface area contributed by atoms with E-state index in [1.807, 2.05) is 41.5 Å². The zero-order valence-electron chi connectivity index (χ0n) is 29.7. The summed E-state index contributed by atoms with van der Waals surface area (Å²) >= 11 is 0. The van der Waals surface area contributed by atoms with Gasteiger partial charge in [-0.15, -0.1) is 0 Å². The third-order valence-corrected chi connectivity index (χ3v) is 7.25. The summed E-state index contributed by atoms with van der Waals surface area (Å²) in [6.45, 7) is 9.68. The molecule has 0 fully saturated rings. The highest BCUT2D eigenvalue weighted by Gasteiger charge is 2.40. The molecule has 0 aliphatic heterocycles. The topological polar surface area (TPSA) is 158 Å². The zero-order valence-corrected chi connectivity index (χ0v) is 29.7. The monoisotopic (exact) mass is 672 g/mol. The molecule has 0 saturated heterocycles. The molecule has 0 heterocycles. The Kier molecular flexibility index (Phi) is 24.3. The van der Waals surface area contributed by atoms with Crippen molar-refractivity contribution in [2.45, 2.75) is 131 Å². The summed E-state index contributed by atoms with van der Waals surface area (Å²) in [5.74, 6) is -2.25. The van der Waals surface area contributed by atoms with Crippen molar-refractivity contribution in [3.8, 4) is 0 Å². The van der Waals surface area contributed by atoms with Gasteiger partial charge in [0.2, 0.25) is 0 Å². The molecule has 0 aromatic carbocycles. The van der Waals surface area contributed by atoms with E-state index in [9.17, 15) is 28.8 Å². The molecule has 47 heavy (non-hydrogen) atoms. The first-order chi connectivity index (χ1) is 22.4. The molecule has 0 unspecified atom stereocenters. The van der Waals surface area contributed by atoms with Crippen molar-refractivity contribution in [3.05, 3.63) is 0 Å². The summed E-state index contributed by atoms with van der Waals surface area (Å²) in [5.41, 5.74) is -2.35. The number of hydrogen-bond acceptors (Lipinski definition) is 12. The van der Waals surface area contributed by atoms with E-state index in [2.05, 4.69) is 0 Å². The van der Waals surface area contributed by atoms with Crippen LogP contribution < -0.4 is 0 Å². The Bertz CT molecular complexity index is 761. The van der Waals surface area contributed by atoms with Gasteiger partial charge in [-0.05, 0) is 44.9 Å². The largest absolute Gasteiger partial charge is 0.465 e. The second-order valence-corrected chi connectivity index (χ2v) is 12.3. The lowest BCUT2D eigenvalue weighted by Gasteiger charge is -2.36. The van der Waals surface area contributed by atoms with Crippen molar-refractivity contribution in [3.63, 3.8) is 0 Å². The minimum absolute atomic E-state index is 0.0134. The number of ketones is 1. The number of esters is 5. The average Bonchev–Trinajstić information content (AvgIpc) is 3.03. The molecule has 0 aliphatic carbocycles. The maximum atomic E-state index is 12.6. The standard InChI is InChI=1S/C35H60O12/c1-7-13-28(36)19-20-34(23-43-29(37)14-8-2,24-44-30(38)15-9-3)21-42-22-35(25-45-31(39)16-10-4,26-46-32(40)17-11-5)27-47-33(41)18-12-6/h7-27H2,1-6H3. The lowest BCUT2D eigenvalue weighted by molar-refractivity contribution is -0.171. The predicted molar refractivity (Wildman–Crippen MR) is 174 cm³/mol. The molecular weight excluding hydrogens is 612 g/mol. The summed E-state index contributed by atoms with van der Waals surface area (Å²) in [7, 11) is 0. The number of Topliss-reactive ketones (excluding diaryl/α,β-unsaturated/α-hetero) is 1. The summed E-state index contributed by atoms with van der Waals surface area (Å²) in [5, 5.41) is 0. The lowest BCUT2D eigenvalue weighted by atomic mass is 9.84. The fourth-order valence-electron chi connectivity index (χ4n) is 4.43. The summed E-state index contributed by atoms with van der Waals surface area (Å²) in [4.78, 5) is 74.7. The molecule has 272 valence electrons. The van der Waals surface area contributed by atoms with Crippen LogP contribution in [0.5, 0.6) is 0 Å². The second-order valence-electron chi connectivity index (χ2n) is 12.3. The van der Waals surface area contributed by atoms with Crippen molar-refractivity contribution in [1.29, 1.82) is 0 Å². The summed E-state index contributed by atoms with van der Waals surface area (Å²) < 4.78 is 34.1. The Morgan fingerprint density at radius 3 is 0.936 bits per heavy atom. The van der Waals surface area contributed by atoms with E-state index in [0.29, 0.717) is 44.9 Å². The minimum Gasteiger partial charge on any atom is -0.465 e. The highest BCUT2D eigenvalue weighted by molar-refractivity contribution is 5.78. The van der Waals surface area contributed by atoms with Crippen LogP contribution in [0.4, 0.5) is 0 Å². The van der Waals surface area contributed by atoms with Crippen molar-refractivity contribution in [2.75, 3.05) is 46.2 Å². The predicted octanol–water partition coefficient (Wildman–Crippen LogP) is 5.84. The highest BCUT2D eigenvalue weighted by atomic mass is 16.6. The molecular formula is C35H60O12. The van der Waals surface area contributed by atoms with Crippen molar-refractivity contribution < 1.29 is 57.2 Å². The van der Waals surface area contributed by atoms with E-state index in [1.54, 1.807) is 0 Å². The molecule has 12 heteroatoms. The molecule has 0 rings (SSSR count). The van der Waals surface area contributed by atoms with E-state index in [-0.39, 0.29) is 97.0 Å². The first-order valence-electron chi connectivity index (χ1n) is 17.3. The smallest absolute Gasteiger partial charge is 0.305 e. The maximum absolute atomic E-state index is 12.6. The van der Waals surface area contributed by atoms with E-state index < -0.39 is 40.7 Å². The van der Waals surface area contributed by atoms with Crippen LogP contribution in [0, 0.1) is 10.8 Å². The highest BCUT2D eigenvalue weighted by Crippen LogP contribution is 2.30. The molecule has 0 saturated carbocycles. The Hall–Kier alpha value is -3.02. The molecule has 12 nitrogen and oxygen atoms in total. The third kappa shape index (κ3) is 20.7. The number of rotatable bonds is 29. The Balaban J connectivity index is 6.45. The average molecular weight is 673 g/mol. The first kappa shape index (κ1) is 44.0. The van der Waals surface area contributed by atoms with Gasteiger partial charge in [0, 0.05) is 44.9 Å². The quantitative estimate of drug-likeness (QED) is 0.0691. The fraction of sp³-hybridized carbons (Fsp3) is 0.829. The van der Waals surface area contributed by atoms with Crippen LogP contribution in [-0.2, 0) is 57.2 Å². The van der Waals surface area contributed by atoms with Gasteiger partial charge in [-0.2, -0.15) is 0 Å². The zero-order chi connectivity index (χ0) is 35.6. The molecule has 0 N–H and O–H groups in total. The van der Waals surface area contributed by atoms with Crippen LogP contribution >= 0.6 is 0 Å². The lowest BCUT2D eigenvalue weighted by Crippen LogP contribution is -2.45. The van der Waals surface area contributed by atoms with Crippen molar-refractivity contribution >= 4 is 35.6 Å². The third-order valence-electron chi connectivity index (χ3n) is 7.25. The molecule has 0 aromatic heterocycles. The Labute approximate surface area is 281 Å². The van der Waals surface area contributed by atoms with Gasteiger partial charge in [0.15, 0.2) is 0 Å². The minimum atomic E-state index is -1.27. The number of ether oxygens (including phenoxy) is 6. The van der Waals surface area contributed by atoms with Gasteiger partial charge in [-0.3, -0.25) is 28.8 Å². The maximum Gasteiger partial charge on any atom is 0.305 e. The van der Waals surface area contributed by atoms with Crippen LogP contribution in [0.25, 0.3) is 0 Å². The molecule has 0 bridgehead atoms. The van der Waals surface area contributed by atoms with E-state index in [1.165, 1.54) is 0 Å².